The third kappa shape index (κ3) is 2.51. The minimum Gasteiger partial charge on any atom is -0.497 e. The molecule has 0 radical (unpaired) electrons. The Labute approximate surface area is 135 Å². The van der Waals surface area contributed by atoms with E-state index in [0.717, 1.165) is 41.6 Å². The van der Waals surface area contributed by atoms with E-state index in [1.54, 1.807) is 14.2 Å². The zero-order valence-electron chi connectivity index (χ0n) is 14.7. The first-order valence-corrected chi connectivity index (χ1v) is 8.68. The number of ether oxygens (including phenoxy) is 2. The van der Waals surface area contributed by atoms with Crippen LogP contribution in [0.1, 0.15) is 45.6 Å². The van der Waals surface area contributed by atoms with E-state index in [4.69, 9.17) is 9.47 Å². The molecule has 3 saturated carbocycles. The van der Waals surface area contributed by atoms with Gasteiger partial charge in [-0.15, -0.1) is 0 Å². The number of aryl methyl sites for hydroxylation is 1. The Morgan fingerprint density at radius 3 is 2.50 bits per heavy atom. The summed E-state index contributed by atoms with van der Waals surface area (Å²) in [7, 11) is 3.48. The number of rotatable bonds is 5. The third-order valence-electron chi connectivity index (χ3n) is 6.78. The van der Waals surface area contributed by atoms with Gasteiger partial charge in [0.25, 0.3) is 0 Å². The molecule has 0 aliphatic heterocycles. The van der Waals surface area contributed by atoms with Gasteiger partial charge in [0.2, 0.25) is 0 Å². The molecule has 0 heterocycles. The molecule has 1 aromatic rings. The van der Waals surface area contributed by atoms with Crippen LogP contribution in [0.5, 0.6) is 11.5 Å². The molecule has 0 amide bonds. The van der Waals surface area contributed by atoms with Gasteiger partial charge in [0.15, 0.2) is 0 Å². The number of hydrogen-bond donors (Lipinski definition) is 0. The molecule has 1 aromatic carbocycles. The van der Waals surface area contributed by atoms with Crippen molar-refractivity contribution in [3.05, 3.63) is 23.8 Å². The van der Waals surface area contributed by atoms with E-state index in [1.807, 2.05) is 12.1 Å². The highest BCUT2D eigenvalue weighted by molar-refractivity contribution is 5.40. The van der Waals surface area contributed by atoms with E-state index in [9.17, 15) is 0 Å². The highest BCUT2D eigenvalue weighted by Crippen LogP contribution is 2.63. The zero-order chi connectivity index (χ0) is 15.9. The van der Waals surface area contributed by atoms with Crippen LogP contribution >= 0.6 is 0 Å². The van der Waals surface area contributed by atoms with Gasteiger partial charge in [-0.1, -0.05) is 20.8 Å². The van der Waals surface area contributed by atoms with Gasteiger partial charge in [-0.2, -0.15) is 0 Å². The molecule has 4 atom stereocenters. The maximum Gasteiger partial charge on any atom is 0.122 e. The van der Waals surface area contributed by atoms with Gasteiger partial charge in [0.1, 0.15) is 11.5 Å². The second-order valence-corrected chi connectivity index (χ2v) is 7.93. The first-order valence-electron chi connectivity index (χ1n) is 8.68. The molecule has 3 aliphatic rings. The average Bonchev–Trinajstić information content (AvgIpc) is 2.52. The molecule has 122 valence electrons. The molecule has 3 fully saturated rings. The normalized spacial score (nSPS) is 32.2. The summed E-state index contributed by atoms with van der Waals surface area (Å²) < 4.78 is 10.9. The van der Waals surface area contributed by atoms with Crippen LogP contribution in [-0.2, 0) is 6.42 Å². The van der Waals surface area contributed by atoms with Crippen molar-refractivity contribution in [1.82, 2.24) is 0 Å². The van der Waals surface area contributed by atoms with Gasteiger partial charge >= 0.3 is 0 Å². The zero-order valence-corrected chi connectivity index (χ0v) is 14.7. The number of hydrogen-bond acceptors (Lipinski definition) is 2. The van der Waals surface area contributed by atoms with Crippen LogP contribution < -0.4 is 9.47 Å². The van der Waals surface area contributed by atoms with E-state index < -0.39 is 0 Å². The Bertz CT molecular complexity index is 535. The Morgan fingerprint density at radius 1 is 1.14 bits per heavy atom. The first-order chi connectivity index (χ1) is 10.5. The summed E-state index contributed by atoms with van der Waals surface area (Å²) in [5.41, 5.74) is 1.87. The Hall–Kier alpha value is -1.18. The molecule has 2 bridgehead atoms. The van der Waals surface area contributed by atoms with Crippen LogP contribution in [0.4, 0.5) is 0 Å². The molecule has 0 unspecified atom stereocenters. The molecule has 4 rings (SSSR count). The van der Waals surface area contributed by atoms with Crippen molar-refractivity contribution in [2.24, 2.45) is 29.1 Å². The molecule has 0 saturated heterocycles. The summed E-state index contributed by atoms with van der Waals surface area (Å²) in [5.74, 6) is 5.53. The van der Waals surface area contributed by atoms with Crippen LogP contribution in [0.2, 0.25) is 0 Å². The van der Waals surface area contributed by atoms with Gasteiger partial charge < -0.3 is 9.47 Å². The maximum atomic E-state index is 5.52. The van der Waals surface area contributed by atoms with E-state index in [1.165, 1.54) is 24.8 Å². The van der Waals surface area contributed by atoms with E-state index in [2.05, 4.69) is 26.8 Å². The molecule has 0 N–H and O–H groups in total. The lowest BCUT2D eigenvalue weighted by molar-refractivity contribution is -0.129. The topological polar surface area (TPSA) is 18.5 Å². The quantitative estimate of drug-likeness (QED) is 0.766. The Morgan fingerprint density at radius 2 is 1.91 bits per heavy atom. The van der Waals surface area contributed by atoms with E-state index in [-0.39, 0.29) is 0 Å². The van der Waals surface area contributed by atoms with Crippen LogP contribution in [0.3, 0.4) is 0 Å². The molecular weight excluding hydrogens is 272 g/mol. The van der Waals surface area contributed by atoms with Crippen LogP contribution in [0, 0.1) is 29.1 Å². The van der Waals surface area contributed by atoms with Gasteiger partial charge in [-0.05, 0) is 78.5 Å². The summed E-state index contributed by atoms with van der Waals surface area (Å²) in [6.45, 7) is 7.43. The summed E-state index contributed by atoms with van der Waals surface area (Å²) in [6, 6.07) is 6.14. The Kier molecular flexibility index (Phi) is 4.13. The summed E-state index contributed by atoms with van der Waals surface area (Å²) >= 11 is 0. The minimum atomic E-state index is 0.587. The number of methoxy groups -OCH3 is 2. The maximum absolute atomic E-state index is 5.52. The molecule has 2 nitrogen and oxygen atoms in total. The summed E-state index contributed by atoms with van der Waals surface area (Å²) in [4.78, 5) is 0. The predicted molar refractivity (Wildman–Crippen MR) is 90.5 cm³/mol. The molecule has 3 aliphatic carbocycles. The highest BCUT2D eigenvalue weighted by Gasteiger charge is 2.55. The molecular formula is C20H30O2. The lowest BCUT2D eigenvalue weighted by Gasteiger charge is -2.62. The first kappa shape index (κ1) is 15.7. The Balaban J connectivity index is 1.66. The fraction of sp³-hybridized carbons (Fsp3) is 0.700. The van der Waals surface area contributed by atoms with Crippen molar-refractivity contribution in [3.63, 3.8) is 0 Å². The number of fused-ring (bicyclic) bond motifs is 2. The fourth-order valence-electron chi connectivity index (χ4n) is 5.06. The van der Waals surface area contributed by atoms with Gasteiger partial charge in [0, 0.05) is 0 Å². The smallest absolute Gasteiger partial charge is 0.122 e. The van der Waals surface area contributed by atoms with Crippen molar-refractivity contribution < 1.29 is 9.47 Å². The molecule has 2 heteroatoms. The fourth-order valence-corrected chi connectivity index (χ4v) is 5.06. The lowest BCUT2D eigenvalue weighted by atomic mass is 9.43. The second-order valence-electron chi connectivity index (χ2n) is 7.93. The lowest BCUT2D eigenvalue weighted by Crippen LogP contribution is -2.54. The van der Waals surface area contributed by atoms with Crippen LogP contribution in [0.15, 0.2) is 18.2 Å². The second kappa shape index (κ2) is 5.79. The monoisotopic (exact) mass is 302 g/mol. The van der Waals surface area contributed by atoms with Crippen LogP contribution in [0.25, 0.3) is 0 Å². The summed E-state index contributed by atoms with van der Waals surface area (Å²) in [5, 5.41) is 0. The van der Waals surface area contributed by atoms with Crippen molar-refractivity contribution in [1.29, 1.82) is 0 Å². The van der Waals surface area contributed by atoms with Gasteiger partial charge in [-0.3, -0.25) is 0 Å². The standard InChI is InChI=1S/C20H30O2/c1-13-14(10-16-12-18(13)20(16,2)3)6-7-15-11-17(21-4)8-9-19(15)22-5/h8-9,11,13-14,16,18H,6-7,10,12H2,1-5H3/t13-,14+,16+,18+/m1/s1. The SMILES string of the molecule is COc1ccc(OC)c(CC[C@H]2C[C@H]3C[C@@H]([C@@H]2C)C3(C)C)c1. The highest BCUT2D eigenvalue weighted by atomic mass is 16.5. The predicted octanol–water partition coefficient (Wildman–Crippen LogP) is 4.95. The molecule has 22 heavy (non-hydrogen) atoms. The van der Waals surface area contributed by atoms with Crippen molar-refractivity contribution in [2.45, 2.75) is 46.5 Å². The summed E-state index contributed by atoms with van der Waals surface area (Å²) in [6.07, 6.45) is 5.24. The largest absolute Gasteiger partial charge is 0.497 e. The van der Waals surface area contributed by atoms with Gasteiger partial charge in [-0.25, -0.2) is 0 Å². The van der Waals surface area contributed by atoms with Crippen molar-refractivity contribution in [2.75, 3.05) is 14.2 Å². The van der Waals surface area contributed by atoms with Crippen molar-refractivity contribution in [3.8, 4) is 11.5 Å². The molecule has 0 spiro atoms. The van der Waals surface area contributed by atoms with Gasteiger partial charge in [0.05, 0.1) is 14.2 Å². The van der Waals surface area contributed by atoms with Crippen LogP contribution in [-0.4, -0.2) is 14.2 Å². The minimum absolute atomic E-state index is 0.587. The molecule has 0 aromatic heterocycles. The number of benzene rings is 1. The van der Waals surface area contributed by atoms with E-state index in [0.29, 0.717) is 5.41 Å². The van der Waals surface area contributed by atoms with E-state index >= 15 is 0 Å². The third-order valence-corrected chi connectivity index (χ3v) is 6.78. The average molecular weight is 302 g/mol. The van der Waals surface area contributed by atoms with Crippen molar-refractivity contribution >= 4 is 0 Å².